The largest absolute Gasteiger partial charge is 0.385 e. The van der Waals surface area contributed by atoms with Crippen molar-refractivity contribution in [1.29, 1.82) is 0 Å². The quantitative estimate of drug-likeness (QED) is 0.455. The molecule has 1 aromatic heterocycles. The molecule has 100 valence electrons. The van der Waals surface area contributed by atoms with Crippen LogP contribution in [0.5, 0.6) is 0 Å². The first-order valence-corrected chi connectivity index (χ1v) is 5.87. The van der Waals surface area contributed by atoms with Gasteiger partial charge in [0, 0.05) is 37.6 Å². The fourth-order valence-corrected chi connectivity index (χ4v) is 1.77. The Labute approximate surface area is 107 Å². The van der Waals surface area contributed by atoms with E-state index in [4.69, 9.17) is 4.74 Å². The average molecular weight is 253 g/mol. The maximum atomic E-state index is 11.0. The number of nitrogens with one attached hydrogen (secondary N) is 1. The van der Waals surface area contributed by atoms with Gasteiger partial charge in [-0.25, -0.2) is 0 Å². The van der Waals surface area contributed by atoms with Gasteiger partial charge in [0.05, 0.1) is 10.6 Å². The van der Waals surface area contributed by atoms with E-state index in [2.05, 4.69) is 10.3 Å². The summed E-state index contributed by atoms with van der Waals surface area (Å²) in [6.07, 6.45) is 2.46. The molecule has 1 aromatic rings. The summed E-state index contributed by atoms with van der Waals surface area (Å²) in [4.78, 5) is 14.8. The number of methoxy groups -OCH3 is 1. The highest BCUT2D eigenvalue weighted by Gasteiger charge is 2.18. The number of ether oxygens (including phenoxy) is 1. The van der Waals surface area contributed by atoms with E-state index in [1.165, 1.54) is 0 Å². The van der Waals surface area contributed by atoms with Crippen LogP contribution >= 0.6 is 0 Å². The Morgan fingerprint density at radius 1 is 1.50 bits per heavy atom. The maximum Gasteiger partial charge on any atom is 0.278 e. The molecule has 0 saturated heterocycles. The number of rotatable bonds is 7. The van der Waals surface area contributed by atoms with E-state index in [0.717, 1.165) is 18.7 Å². The zero-order valence-corrected chi connectivity index (χ0v) is 11.0. The highest BCUT2D eigenvalue weighted by molar-refractivity contribution is 5.47. The minimum Gasteiger partial charge on any atom is -0.385 e. The fraction of sp³-hybridized carbons (Fsp3) is 0.583. The third-order valence-corrected chi connectivity index (χ3v) is 2.75. The van der Waals surface area contributed by atoms with Gasteiger partial charge in [-0.3, -0.25) is 15.1 Å². The summed E-state index contributed by atoms with van der Waals surface area (Å²) in [6.45, 7) is 5.49. The molecule has 0 aliphatic rings. The Hall–Kier alpha value is -1.53. The predicted octanol–water partition coefficient (Wildman–Crippen LogP) is 1.73. The van der Waals surface area contributed by atoms with E-state index in [1.807, 2.05) is 0 Å². The van der Waals surface area contributed by atoms with Gasteiger partial charge in [-0.05, 0) is 26.8 Å². The lowest BCUT2D eigenvalue weighted by Gasteiger charge is -2.08. The summed E-state index contributed by atoms with van der Waals surface area (Å²) >= 11 is 0. The lowest BCUT2D eigenvalue weighted by molar-refractivity contribution is -0.386. The number of hydrogen-bond acceptors (Lipinski definition) is 5. The average Bonchev–Trinajstić information content (AvgIpc) is 2.31. The summed E-state index contributed by atoms with van der Waals surface area (Å²) in [5.74, 6) is 0. The van der Waals surface area contributed by atoms with E-state index in [-0.39, 0.29) is 10.6 Å². The maximum absolute atomic E-state index is 11.0. The molecule has 0 bridgehead atoms. The third-order valence-electron chi connectivity index (χ3n) is 2.75. The summed E-state index contributed by atoms with van der Waals surface area (Å²) < 4.78 is 4.94. The number of pyridine rings is 1. The molecular weight excluding hydrogens is 234 g/mol. The molecule has 0 aliphatic heterocycles. The minimum absolute atomic E-state index is 0.165. The predicted molar refractivity (Wildman–Crippen MR) is 68.6 cm³/mol. The number of nitro groups is 1. The number of aryl methyl sites for hydroxylation is 1. The number of hydrogen-bond donors (Lipinski definition) is 1. The molecule has 0 radical (unpaired) electrons. The van der Waals surface area contributed by atoms with Crippen LogP contribution in [0.4, 0.5) is 5.69 Å². The molecule has 0 atom stereocenters. The highest BCUT2D eigenvalue weighted by atomic mass is 16.6. The van der Waals surface area contributed by atoms with Crippen LogP contribution in [-0.2, 0) is 11.3 Å². The molecular formula is C12H19N3O3. The first-order valence-electron chi connectivity index (χ1n) is 5.87. The van der Waals surface area contributed by atoms with Crippen LogP contribution in [0.3, 0.4) is 0 Å². The Kier molecular flexibility index (Phi) is 5.67. The molecule has 6 heteroatoms. The van der Waals surface area contributed by atoms with E-state index in [9.17, 15) is 10.1 Å². The van der Waals surface area contributed by atoms with Crippen LogP contribution in [0.25, 0.3) is 0 Å². The monoisotopic (exact) mass is 253 g/mol. The van der Waals surface area contributed by atoms with Crippen molar-refractivity contribution in [2.75, 3.05) is 20.3 Å². The van der Waals surface area contributed by atoms with Crippen LogP contribution in [0.15, 0.2) is 6.20 Å². The zero-order valence-electron chi connectivity index (χ0n) is 11.0. The van der Waals surface area contributed by atoms with Gasteiger partial charge in [-0.1, -0.05) is 0 Å². The van der Waals surface area contributed by atoms with Crippen molar-refractivity contribution in [2.45, 2.75) is 26.8 Å². The highest BCUT2D eigenvalue weighted by Crippen LogP contribution is 2.23. The summed E-state index contributed by atoms with van der Waals surface area (Å²) in [6, 6.07) is 0. The van der Waals surface area contributed by atoms with Crippen molar-refractivity contribution < 1.29 is 9.66 Å². The van der Waals surface area contributed by atoms with Crippen molar-refractivity contribution in [3.8, 4) is 0 Å². The van der Waals surface area contributed by atoms with Crippen LogP contribution < -0.4 is 5.32 Å². The van der Waals surface area contributed by atoms with Crippen molar-refractivity contribution in [3.63, 3.8) is 0 Å². The van der Waals surface area contributed by atoms with Gasteiger partial charge in [-0.15, -0.1) is 0 Å². The number of nitrogens with zero attached hydrogens (tertiary/aromatic N) is 2. The fourth-order valence-electron chi connectivity index (χ4n) is 1.77. The van der Waals surface area contributed by atoms with Crippen molar-refractivity contribution in [1.82, 2.24) is 10.3 Å². The molecule has 0 aliphatic carbocycles. The molecule has 1 heterocycles. The van der Waals surface area contributed by atoms with E-state index >= 15 is 0 Å². The van der Waals surface area contributed by atoms with Gasteiger partial charge in [-0.2, -0.15) is 0 Å². The van der Waals surface area contributed by atoms with Gasteiger partial charge < -0.3 is 10.1 Å². The van der Waals surface area contributed by atoms with E-state index < -0.39 is 0 Å². The van der Waals surface area contributed by atoms with Gasteiger partial charge in [0.2, 0.25) is 0 Å². The topological polar surface area (TPSA) is 77.3 Å². The van der Waals surface area contributed by atoms with Crippen molar-refractivity contribution >= 4 is 5.69 Å². The molecule has 0 amide bonds. The molecule has 0 fully saturated rings. The Balaban J connectivity index is 2.67. The summed E-state index contributed by atoms with van der Waals surface area (Å²) in [7, 11) is 1.66. The second-order valence-electron chi connectivity index (χ2n) is 4.14. The molecule has 1 N–H and O–H groups in total. The van der Waals surface area contributed by atoms with Crippen LogP contribution in [0.2, 0.25) is 0 Å². The second-order valence-corrected chi connectivity index (χ2v) is 4.14. The standard InChI is InChI=1S/C12H19N3O3/c1-9-7-14-11(8-13-5-4-6-18-3)10(2)12(9)15(16)17/h7,13H,4-6,8H2,1-3H3. The van der Waals surface area contributed by atoms with Gasteiger partial charge >= 0.3 is 0 Å². The number of aromatic nitrogens is 1. The smallest absolute Gasteiger partial charge is 0.278 e. The normalized spacial score (nSPS) is 10.6. The molecule has 6 nitrogen and oxygen atoms in total. The first kappa shape index (κ1) is 14.5. The summed E-state index contributed by atoms with van der Waals surface area (Å²) in [5.41, 5.74) is 2.13. The Morgan fingerprint density at radius 3 is 2.83 bits per heavy atom. The molecule has 0 unspecified atom stereocenters. The van der Waals surface area contributed by atoms with Crippen LogP contribution in [-0.4, -0.2) is 30.2 Å². The molecule has 1 rings (SSSR count). The lowest BCUT2D eigenvalue weighted by Crippen LogP contribution is -2.18. The first-order chi connectivity index (χ1) is 8.57. The Bertz CT molecular complexity index is 421. The van der Waals surface area contributed by atoms with E-state index in [0.29, 0.717) is 24.3 Å². The second kappa shape index (κ2) is 7.03. The zero-order chi connectivity index (χ0) is 13.5. The van der Waals surface area contributed by atoms with Crippen LogP contribution in [0.1, 0.15) is 23.2 Å². The van der Waals surface area contributed by atoms with Gasteiger partial charge in [0.1, 0.15) is 0 Å². The minimum atomic E-state index is -0.346. The Morgan fingerprint density at radius 2 is 2.22 bits per heavy atom. The third kappa shape index (κ3) is 3.75. The molecule has 0 spiro atoms. The molecule has 0 saturated carbocycles. The summed E-state index contributed by atoms with van der Waals surface area (Å²) in [5, 5.41) is 14.1. The van der Waals surface area contributed by atoms with Gasteiger partial charge in [0.15, 0.2) is 0 Å². The van der Waals surface area contributed by atoms with Crippen molar-refractivity contribution in [2.24, 2.45) is 0 Å². The van der Waals surface area contributed by atoms with Crippen molar-refractivity contribution in [3.05, 3.63) is 33.1 Å². The van der Waals surface area contributed by atoms with E-state index in [1.54, 1.807) is 27.2 Å². The lowest BCUT2D eigenvalue weighted by atomic mass is 10.1. The van der Waals surface area contributed by atoms with Crippen LogP contribution in [0, 0.1) is 24.0 Å². The molecule has 18 heavy (non-hydrogen) atoms. The SMILES string of the molecule is COCCCNCc1ncc(C)c([N+](=O)[O-])c1C. The van der Waals surface area contributed by atoms with Gasteiger partial charge in [0.25, 0.3) is 5.69 Å². The molecule has 0 aromatic carbocycles.